The summed E-state index contributed by atoms with van der Waals surface area (Å²) >= 11 is 0. The van der Waals surface area contributed by atoms with Crippen LogP contribution in [0.5, 0.6) is 0 Å². The molecule has 2 aromatic rings. The number of aryl methyl sites for hydroxylation is 1. The molecule has 1 saturated heterocycles. The summed E-state index contributed by atoms with van der Waals surface area (Å²) in [6, 6.07) is 3.84. The van der Waals surface area contributed by atoms with Crippen molar-refractivity contribution >= 4 is 21.4 Å². The fourth-order valence-electron chi connectivity index (χ4n) is 2.90. The number of nitrogens with zero attached hydrogens (tertiary/aromatic N) is 3. The van der Waals surface area contributed by atoms with E-state index in [-0.39, 0.29) is 17.6 Å². The molecular weight excluding hydrogens is 304 g/mol. The van der Waals surface area contributed by atoms with E-state index >= 15 is 0 Å². The number of hydrogen-bond acceptors (Lipinski definition) is 4. The Labute approximate surface area is 128 Å². The minimum atomic E-state index is -3.51. The highest BCUT2D eigenvalue weighted by Crippen LogP contribution is 2.22. The third-order valence-corrected chi connectivity index (χ3v) is 4.88. The van der Waals surface area contributed by atoms with E-state index in [4.69, 9.17) is 5.14 Å². The first-order chi connectivity index (χ1) is 10.3. The van der Waals surface area contributed by atoms with Crippen molar-refractivity contribution < 1.29 is 13.2 Å². The zero-order chi connectivity index (χ0) is 15.9. The summed E-state index contributed by atoms with van der Waals surface area (Å²) in [7, 11) is -3.51. The highest BCUT2D eigenvalue weighted by atomic mass is 32.2. The van der Waals surface area contributed by atoms with Gasteiger partial charge in [0, 0.05) is 19.3 Å². The van der Waals surface area contributed by atoms with Crippen LogP contribution < -0.4 is 5.14 Å². The molecule has 0 radical (unpaired) electrons. The van der Waals surface area contributed by atoms with Gasteiger partial charge in [-0.2, -0.15) is 5.10 Å². The largest absolute Gasteiger partial charge is 0.338 e. The summed E-state index contributed by atoms with van der Waals surface area (Å²) in [6.07, 6.45) is 4.03. The van der Waals surface area contributed by atoms with Crippen molar-refractivity contribution in [3.05, 3.63) is 35.7 Å². The topological polar surface area (TPSA) is 97.8 Å². The van der Waals surface area contributed by atoms with Crippen LogP contribution in [0.15, 0.2) is 24.5 Å². The van der Waals surface area contributed by atoms with Gasteiger partial charge in [-0.15, -0.1) is 0 Å². The molecule has 8 heteroatoms. The molecule has 118 valence electrons. The van der Waals surface area contributed by atoms with E-state index in [0.29, 0.717) is 25.1 Å². The van der Waals surface area contributed by atoms with Gasteiger partial charge in [0.25, 0.3) is 5.91 Å². The summed E-state index contributed by atoms with van der Waals surface area (Å²) in [6.45, 7) is 2.92. The molecule has 1 amide bonds. The second-order valence-corrected chi connectivity index (χ2v) is 7.49. The zero-order valence-corrected chi connectivity index (χ0v) is 13.1. The van der Waals surface area contributed by atoms with Gasteiger partial charge in [0.2, 0.25) is 10.0 Å². The van der Waals surface area contributed by atoms with E-state index in [9.17, 15) is 13.2 Å². The Kier molecular flexibility index (Phi) is 3.65. The molecule has 3 heterocycles. The van der Waals surface area contributed by atoms with Crippen molar-refractivity contribution in [2.45, 2.75) is 13.3 Å². The molecule has 0 saturated carbocycles. The van der Waals surface area contributed by atoms with Crippen LogP contribution in [0.2, 0.25) is 0 Å². The van der Waals surface area contributed by atoms with E-state index in [1.807, 2.05) is 25.3 Å². The highest BCUT2D eigenvalue weighted by Gasteiger charge is 2.30. The van der Waals surface area contributed by atoms with Gasteiger partial charge >= 0.3 is 0 Å². The smallest absolute Gasteiger partial charge is 0.257 e. The Morgan fingerprint density at radius 3 is 3.00 bits per heavy atom. The average Bonchev–Trinajstić information content (AvgIpc) is 3.02. The molecule has 2 aromatic heterocycles. The SMILES string of the molecule is Cc1ccn2ncc(C(=O)N3CCC(CS(N)(=O)=O)C3)c2c1. The molecule has 0 bridgehead atoms. The predicted molar refractivity (Wildman–Crippen MR) is 81.9 cm³/mol. The lowest BCUT2D eigenvalue weighted by atomic mass is 10.1. The normalized spacial score (nSPS) is 19.0. The van der Waals surface area contributed by atoms with Gasteiger partial charge in [0.05, 0.1) is 23.0 Å². The maximum absolute atomic E-state index is 12.6. The van der Waals surface area contributed by atoms with Gasteiger partial charge in [-0.05, 0) is 37.0 Å². The summed E-state index contributed by atoms with van der Waals surface area (Å²) in [5.41, 5.74) is 2.36. The number of rotatable bonds is 3. The zero-order valence-electron chi connectivity index (χ0n) is 12.3. The molecule has 0 aromatic carbocycles. The van der Waals surface area contributed by atoms with Crippen LogP contribution in [0.1, 0.15) is 22.3 Å². The summed E-state index contributed by atoms with van der Waals surface area (Å²) < 4.78 is 24.0. The first-order valence-corrected chi connectivity index (χ1v) is 8.79. The first kappa shape index (κ1) is 15.0. The van der Waals surface area contributed by atoms with Gasteiger partial charge in [-0.3, -0.25) is 4.79 Å². The number of hydrogen-bond donors (Lipinski definition) is 1. The van der Waals surface area contributed by atoms with Crippen molar-refractivity contribution in [2.24, 2.45) is 11.1 Å². The van der Waals surface area contributed by atoms with Gasteiger partial charge in [0.1, 0.15) is 0 Å². The first-order valence-electron chi connectivity index (χ1n) is 7.07. The highest BCUT2D eigenvalue weighted by molar-refractivity contribution is 7.89. The molecule has 3 rings (SSSR count). The van der Waals surface area contributed by atoms with Crippen molar-refractivity contribution in [3.8, 4) is 0 Å². The number of sulfonamides is 1. The van der Waals surface area contributed by atoms with E-state index in [1.54, 1.807) is 15.6 Å². The number of carbonyl (C=O) groups excluding carboxylic acids is 1. The minimum absolute atomic E-state index is 0.0787. The summed E-state index contributed by atoms with van der Waals surface area (Å²) in [5.74, 6) is -0.287. The van der Waals surface area contributed by atoms with Gasteiger partial charge < -0.3 is 4.90 Å². The lowest BCUT2D eigenvalue weighted by molar-refractivity contribution is 0.0790. The number of primary sulfonamides is 1. The summed E-state index contributed by atoms with van der Waals surface area (Å²) in [5, 5.41) is 9.26. The van der Waals surface area contributed by atoms with E-state index < -0.39 is 10.0 Å². The number of likely N-dealkylation sites (tertiary alicyclic amines) is 1. The molecule has 22 heavy (non-hydrogen) atoms. The van der Waals surface area contributed by atoms with Crippen molar-refractivity contribution in [1.29, 1.82) is 0 Å². The number of nitrogens with two attached hydrogens (primary N) is 1. The summed E-state index contributed by atoms with van der Waals surface area (Å²) in [4.78, 5) is 14.3. The van der Waals surface area contributed by atoms with Crippen LogP contribution in [0.25, 0.3) is 5.52 Å². The fourth-order valence-corrected chi connectivity index (χ4v) is 3.83. The van der Waals surface area contributed by atoms with Crippen molar-refractivity contribution in [1.82, 2.24) is 14.5 Å². The van der Waals surface area contributed by atoms with Crippen LogP contribution in [0.3, 0.4) is 0 Å². The van der Waals surface area contributed by atoms with Crippen LogP contribution in [-0.2, 0) is 10.0 Å². The molecule has 1 aliphatic rings. The number of aromatic nitrogens is 2. The van der Waals surface area contributed by atoms with Crippen LogP contribution in [-0.4, -0.2) is 47.7 Å². The number of carbonyl (C=O) groups is 1. The Morgan fingerprint density at radius 1 is 1.50 bits per heavy atom. The molecule has 1 fully saturated rings. The average molecular weight is 322 g/mol. The monoisotopic (exact) mass is 322 g/mol. The molecule has 7 nitrogen and oxygen atoms in total. The maximum Gasteiger partial charge on any atom is 0.257 e. The van der Waals surface area contributed by atoms with Crippen molar-refractivity contribution in [2.75, 3.05) is 18.8 Å². The van der Waals surface area contributed by atoms with E-state index in [2.05, 4.69) is 5.10 Å². The number of fused-ring (bicyclic) bond motifs is 1. The quantitative estimate of drug-likeness (QED) is 0.884. The van der Waals surface area contributed by atoms with Crippen LogP contribution >= 0.6 is 0 Å². The second-order valence-electron chi connectivity index (χ2n) is 5.83. The van der Waals surface area contributed by atoms with Gasteiger partial charge in [0.15, 0.2) is 0 Å². The second kappa shape index (κ2) is 5.36. The van der Waals surface area contributed by atoms with Gasteiger partial charge in [-0.1, -0.05) is 0 Å². The van der Waals surface area contributed by atoms with Crippen molar-refractivity contribution in [3.63, 3.8) is 0 Å². The molecule has 1 aliphatic heterocycles. The Bertz CT molecular complexity index is 828. The number of pyridine rings is 1. The molecular formula is C14H18N4O3S. The lowest BCUT2D eigenvalue weighted by Crippen LogP contribution is -2.30. The predicted octanol–water partition coefficient (Wildman–Crippen LogP) is 0.393. The van der Waals surface area contributed by atoms with E-state index in [1.165, 1.54) is 0 Å². The molecule has 2 N–H and O–H groups in total. The maximum atomic E-state index is 12.6. The molecule has 0 aliphatic carbocycles. The van der Waals surface area contributed by atoms with Gasteiger partial charge in [-0.25, -0.2) is 18.1 Å². The molecule has 1 unspecified atom stereocenters. The van der Waals surface area contributed by atoms with Crippen LogP contribution in [0, 0.1) is 12.8 Å². The number of amides is 1. The molecule has 0 spiro atoms. The minimum Gasteiger partial charge on any atom is -0.338 e. The lowest BCUT2D eigenvalue weighted by Gasteiger charge is -2.15. The Morgan fingerprint density at radius 2 is 2.27 bits per heavy atom. The van der Waals surface area contributed by atoms with E-state index in [0.717, 1.165) is 11.1 Å². The standard InChI is InChI=1S/C14H18N4O3S/c1-10-2-5-18-13(6-10)12(7-16-18)14(19)17-4-3-11(8-17)9-22(15,20)21/h2,5-7,11H,3-4,8-9H2,1H3,(H2,15,20,21). The third-order valence-electron chi connectivity index (χ3n) is 3.95. The Balaban J connectivity index is 1.81. The Hall–Kier alpha value is -1.93. The van der Waals surface area contributed by atoms with Crippen LogP contribution in [0.4, 0.5) is 0 Å². The third kappa shape index (κ3) is 2.97. The molecule has 1 atom stereocenters. The fraction of sp³-hybridized carbons (Fsp3) is 0.429.